The van der Waals surface area contributed by atoms with Crippen LogP contribution in [0.25, 0.3) is 77.2 Å². The van der Waals surface area contributed by atoms with Crippen molar-refractivity contribution in [3.63, 3.8) is 0 Å². The standard InChI is InChI=1S/C40H26N4S/c1-5-13-27(14-6-1)32-23-33(28-15-7-2-8-16-28)25-34(24-32)40-41-35-22-21-31(26-36(35)45-40)39-43-37(29-17-9-3-10-18-29)42-38(44-39)30-19-11-4-12-20-30/h1-26H. The molecule has 0 saturated heterocycles. The van der Waals surface area contributed by atoms with E-state index in [1.807, 2.05) is 60.7 Å². The molecule has 8 aromatic rings. The molecular weight excluding hydrogens is 569 g/mol. The van der Waals surface area contributed by atoms with Crippen LogP contribution < -0.4 is 0 Å². The molecule has 0 aliphatic heterocycles. The van der Waals surface area contributed by atoms with Crippen LogP contribution in [0.2, 0.25) is 0 Å². The van der Waals surface area contributed by atoms with Crippen LogP contribution in [0, 0.1) is 0 Å². The molecule has 4 nitrogen and oxygen atoms in total. The number of benzene rings is 6. The van der Waals surface area contributed by atoms with Crippen LogP contribution >= 0.6 is 11.3 Å². The summed E-state index contributed by atoms with van der Waals surface area (Å²) < 4.78 is 1.08. The highest BCUT2D eigenvalue weighted by atomic mass is 32.1. The van der Waals surface area contributed by atoms with Crippen molar-refractivity contribution >= 4 is 21.6 Å². The van der Waals surface area contributed by atoms with Crippen molar-refractivity contribution < 1.29 is 0 Å². The number of thiazole rings is 1. The molecule has 8 rings (SSSR count). The average Bonchev–Trinajstić information content (AvgIpc) is 3.57. The minimum Gasteiger partial charge on any atom is -0.236 e. The van der Waals surface area contributed by atoms with Crippen molar-refractivity contribution in [2.75, 3.05) is 0 Å². The Balaban J connectivity index is 1.24. The summed E-state index contributed by atoms with van der Waals surface area (Å²) >= 11 is 1.69. The maximum atomic E-state index is 5.08. The zero-order chi connectivity index (χ0) is 30.0. The van der Waals surface area contributed by atoms with Gasteiger partial charge in [-0.2, -0.15) is 0 Å². The molecule has 45 heavy (non-hydrogen) atoms. The molecule has 0 aliphatic carbocycles. The fraction of sp³-hybridized carbons (Fsp3) is 0. The second-order valence-electron chi connectivity index (χ2n) is 10.8. The predicted molar refractivity (Wildman–Crippen MR) is 186 cm³/mol. The van der Waals surface area contributed by atoms with Gasteiger partial charge < -0.3 is 0 Å². The Bertz CT molecular complexity index is 2010. The molecule has 0 aliphatic rings. The Labute approximate surface area is 265 Å². The molecule has 0 radical (unpaired) electrons. The van der Waals surface area contributed by atoms with Crippen LogP contribution in [-0.4, -0.2) is 19.9 Å². The molecule has 0 saturated carbocycles. The van der Waals surface area contributed by atoms with Gasteiger partial charge in [0.25, 0.3) is 0 Å². The van der Waals surface area contributed by atoms with E-state index in [9.17, 15) is 0 Å². The average molecular weight is 595 g/mol. The van der Waals surface area contributed by atoms with Crippen LogP contribution in [-0.2, 0) is 0 Å². The fourth-order valence-electron chi connectivity index (χ4n) is 5.47. The minimum atomic E-state index is 0.636. The van der Waals surface area contributed by atoms with Gasteiger partial charge in [0.15, 0.2) is 17.5 Å². The monoisotopic (exact) mass is 594 g/mol. The van der Waals surface area contributed by atoms with Gasteiger partial charge in [-0.1, -0.05) is 121 Å². The fourth-order valence-corrected chi connectivity index (χ4v) is 6.46. The summed E-state index contributed by atoms with van der Waals surface area (Å²) in [6.45, 7) is 0. The van der Waals surface area contributed by atoms with Gasteiger partial charge in [-0.05, 0) is 58.7 Å². The molecule has 2 heterocycles. The molecule has 212 valence electrons. The van der Waals surface area contributed by atoms with E-state index in [4.69, 9.17) is 19.9 Å². The van der Waals surface area contributed by atoms with Gasteiger partial charge in [-0.25, -0.2) is 19.9 Å². The normalized spacial score (nSPS) is 11.1. The van der Waals surface area contributed by atoms with E-state index in [0.29, 0.717) is 17.5 Å². The third-order valence-electron chi connectivity index (χ3n) is 7.74. The number of hydrogen-bond acceptors (Lipinski definition) is 5. The molecule has 6 aromatic carbocycles. The number of fused-ring (bicyclic) bond motifs is 1. The lowest BCUT2D eigenvalue weighted by Gasteiger charge is -2.09. The first-order valence-electron chi connectivity index (χ1n) is 14.8. The van der Waals surface area contributed by atoms with Gasteiger partial charge in [0, 0.05) is 22.3 Å². The SMILES string of the molecule is c1ccc(-c2cc(-c3ccccc3)cc(-c3nc4ccc(-c5nc(-c6ccccc6)nc(-c6ccccc6)n5)cc4s3)c2)cc1. The molecule has 0 spiro atoms. The summed E-state index contributed by atoms with van der Waals surface area (Å²) in [7, 11) is 0. The third kappa shape index (κ3) is 5.53. The lowest BCUT2D eigenvalue weighted by atomic mass is 9.96. The van der Waals surface area contributed by atoms with Crippen LogP contribution in [0.5, 0.6) is 0 Å². The topological polar surface area (TPSA) is 51.6 Å². The number of nitrogens with zero attached hydrogens (tertiary/aromatic N) is 4. The quantitative estimate of drug-likeness (QED) is 0.192. The predicted octanol–water partition coefficient (Wildman–Crippen LogP) is 10.5. The lowest BCUT2D eigenvalue weighted by Crippen LogP contribution is -1.99. The zero-order valence-electron chi connectivity index (χ0n) is 24.2. The Morgan fingerprint density at radius 1 is 0.311 bits per heavy atom. The van der Waals surface area contributed by atoms with Gasteiger partial charge >= 0.3 is 0 Å². The maximum absolute atomic E-state index is 5.08. The number of hydrogen-bond donors (Lipinski definition) is 0. The highest BCUT2D eigenvalue weighted by molar-refractivity contribution is 7.21. The number of rotatable bonds is 6. The molecular formula is C40H26N4S. The van der Waals surface area contributed by atoms with Crippen LogP contribution in [0.15, 0.2) is 158 Å². The third-order valence-corrected chi connectivity index (χ3v) is 8.81. The van der Waals surface area contributed by atoms with E-state index in [-0.39, 0.29) is 0 Å². The van der Waals surface area contributed by atoms with Gasteiger partial charge in [0.05, 0.1) is 10.2 Å². The van der Waals surface area contributed by atoms with Crippen molar-refractivity contribution in [3.8, 4) is 67.0 Å². The molecule has 0 bridgehead atoms. The maximum Gasteiger partial charge on any atom is 0.164 e. The summed E-state index contributed by atoms with van der Waals surface area (Å²) in [5.74, 6) is 1.93. The Morgan fingerprint density at radius 3 is 1.22 bits per heavy atom. The van der Waals surface area contributed by atoms with Crippen molar-refractivity contribution in [2.24, 2.45) is 0 Å². The molecule has 0 amide bonds. The summed E-state index contributed by atoms with van der Waals surface area (Å²) in [5, 5.41) is 0.975. The Morgan fingerprint density at radius 2 is 0.733 bits per heavy atom. The molecule has 5 heteroatoms. The van der Waals surface area contributed by atoms with Crippen molar-refractivity contribution in [2.45, 2.75) is 0 Å². The van der Waals surface area contributed by atoms with Crippen molar-refractivity contribution in [1.29, 1.82) is 0 Å². The van der Waals surface area contributed by atoms with Gasteiger partial charge in [-0.3, -0.25) is 0 Å². The molecule has 2 aromatic heterocycles. The first kappa shape index (κ1) is 26.8. The molecule has 0 N–H and O–H groups in total. The summed E-state index contributed by atoms with van der Waals surface area (Å²) in [6, 6.07) is 54.2. The van der Waals surface area contributed by atoms with E-state index in [0.717, 1.165) is 37.5 Å². The Hall–Kier alpha value is -5.78. The highest BCUT2D eigenvalue weighted by Gasteiger charge is 2.15. The number of aromatic nitrogens is 4. The van der Waals surface area contributed by atoms with E-state index >= 15 is 0 Å². The highest BCUT2D eigenvalue weighted by Crippen LogP contribution is 2.37. The van der Waals surface area contributed by atoms with Gasteiger partial charge in [-0.15, -0.1) is 11.3 Å². The van der Waals surface area contributed by atoms with Gasteiger partial charge in [0.2, 0.25) is 0 Å². The summed E-state index contributed by atoms with van der Waals surface area (Å²) in [5.41, 5.74) is 9.56. The molecule has 0 atom stereocenters. The van der Waals surface area contributed by atoms with E-state index < -0.39 is 0 Å². The Kier molecular flexibility index (Phi) is 6.98. The second kappa shape index (κ2) is 11.7. The van der Waals surface area contributed by atoms with Crippen LogP contribution in [0.3, 0.4) is 0 Å². The van der Waals surface area contributed by atoms with Crippen LogP contribution in [0.1, 0.15) is 0 Å². The summed E-state index contributed by atoms with van der Waals surface area (Å²) in [4.78, 5) is 19.8. The zero-order valence-corrected chi connectivity index (χ0v) is 25.0. The first-order valence-corrected chi connectivity index (χ1v) is 15.6. The molecule has 0 unspecified atom stereocenters. The van der Waals surface area contributed by atoms with Crippen LogP contribution in [0.4, 0.5) is 0 Å². The first-order chi connectivity index (χ1) is 22.3. The second-order valence-corrected chi connectivity index (χ2v) is 11.8. The van der Waals surface area contributed by atoms with E-state index in [1.165, 1.54) is 22.3 Å². The lowest BCUT2D eigenvalue weighted by molar-refractivity contribution is 1.07. The largest absolute Gasteiger partial charge is 0.236 e. The minimum absolute atomic E-state index is 0.636. The molecule has 0 fully saturated rings. The van der Waals surface area contributed by atoms with Crippen molar-refractivity contribution in [3.05, 3.63) is 158 Å². The smallest absolute Gasteiger partial charge is 0.164 e. The van der Waals surface area contributed by atoms with Gasteiger partial charge in [0.1, 0.15) is 5.01 Å². The van der Waals surface area contributed by atoms with Crippen molar-refractivity contribution in [1.82, 2.24) is 19.9 Å². The van der Waals surface area contributed by atoms with E-state index in [2.05, 4.69) is 97.1 Å². The van der Waals surface area contributed by atoms with E-state index in [1.54, 1.807) is 11.3 Å². The summed E-state index contributed by atoms with van der Waals surface area (Å²) in [6.07, 6.45) is 0.